The number of nitrogens with zero attached hydrogens (tertiary/aromatic N) is 1. The Hall–Kier alpha value is -1.34. The molecule has 0 aromatic carbocycles. The molecule has 120 valence electrons. The lowest BCUT2D eigenvalue weighted by atomic mass is 10.0. The van der Waals surface area contributed by atoms with Crippen molar-refractivity contribution < 1.29 is 24.2 Å². The molecule has 2 fully saturated rings. The van der Waals surface area contributed by atoms with Gasteiger partial charge in [0.05, 0.1) is 13.2 Å². The summed E-state index contributed by atoms with van der Waals surface area (Å²) in [5, 5.41) is 11.8. The number of hydrogen-bond donors (Lipinski definition) is 2. The summed E-state index contributed by atoms with van der Waals surface area (Å²) in [5.41, 5.74) is -0.486. The van der Waals surface area contributed by atoms with Crippen LogP contribution >= 0.6 is 0 Å². The fraction of sp³-hybridized carbons (Fsp3) is 0.857. The summed E-state index contributed by atoms with van der Waals surface area (Å²) < 4.78 is 10.8. The van der Waals surface area contributed by atoms with Crippen molar-refractivity contribution in [3.8, 4) is 0 Å². The number of aliphatic carboxylic acids is 1. The van der Waals surface area contributed by atoms with Crippen molar-refractivity contribution in [2.75, 3.05) is 33.4 Å². The van der Waals surface area contributed by atoms with Crippen LogP contribution in [0.5, 0.6) is 0 Å². The highest BCUT2D eigenvalue weighted by Crippen LogP contribution is 2.24. The molecule has 2 rings (SSSR count). The Morgan fingerprint density at radius 1 is 1.43 bits per heavy atom. The Labute approximate surface area is 124 Å². The molecule has 7 heteroatoms. The molecule has 2 amide bonds. The van der Waals surface area contributed by atoms with Crippen molar-refractivity contribution in [3.63, 3.8) is 0 Å². The molecule has 2 N–H and O–H groups in total. The molecule has 1 heterocycles. The number of hydrogen-bond acceptors (Lipinski definition) is 4. The van der Waals surface area contributed by atoms with Crippen molar-refractivity contribution in [3.05, 3.63) is 0 Å². The maximum Gasteiger partial charge on any atom is 0.323 e. The molecule has 1 aliphatic heterocycles. The molecule has 7 nitrogen and oxygen atoms in total. The molecule has 0 bridgehead atoms. The summed E-state index contributed by atoms with van der Waals surface area (Å²) in [6, 6.07) is -0.299. The summed E-state index contributed by atoms with van der Waals surface area (Å²) >= 11 is 0. The summed E-state index contributed by atoms with van der Waals surface area (Å²) in [6.45, 7) is 1.15. The van der Waals surface area contributed by atoms with Crippen molar-refractivity contribution in [1.82, 2.24) is 10.2 Å². The fourth-order valence-corrected chi connectivity index (χ4v) is 3.03. The molecule has 0 aromatic rings. The van der Waals surface area contributed by atoms with Gasteiger partial charge in [-0.05, 0) is 12.8 Å². The van der Waals surface area contributed by atoms with E-state index in [1.807, 2.05) is 0 Å². The minimum Gasteiger partial charge on any atom is -0.480 e. The van der Waals surface area contributed by atoms with Gasteiger partial charge in [0.25, 0.3) is 0 Å². The molecule has 1 unspecified atom stereocenters. The number of carbonyl (C=O) groups excluding carboxylic acids is 1. The number of carboxylic acid groups (broad SMARTS) is 1. The van der Waals surface area contributed by atoms with E-state index in [0.29, 0.717) is 19.8 Å². The third-order valence-corrected chi connectivity index (χ3v) is 4.39. The number of amides is 2. The second-order valence-corrected chi connectivity index (χ2v) is 5.81. The Bertz CT molecular complexity index is 376. The minimum absolute atomic E-state index is 0.0272. The van der Waals surface area contributed by atoms with Gasteiger partial charge < -0.3 is 24.8 Å². The second kappa shape index (κ2) is 7.09. The zero-order valence-corrected chi connectivity index (χ0v) is 12.5. The molecule has 2 aliphatic rings. The van der Waals surface area contributed by atoms with Gasteiger partial charge in [0.2, 0.25) is 0 Å². The Morgan fingerprint density at radius 2 is 2.14 bits per heavy atom. The average molecular weight is 300 g/mol. The molecule has 1 saturated heterocycles. The third kappa shape index (κ3) is 4.07. The zero-order chi connectivity index (χ0) is 15.3. The SMILES string of the molecule is COC1(CNC(=O)N(CC(=O)O)C2CCCC2)CCOC1. The zero-order valence-electron chi connectivity index (χ0n) is 12.5. The number of rotatable bonds is 6. The van der Waals surface area contributed by atoms with Gasteiger partial charge in [-0.3, -0.25) is 4.79 Å². The highest BCUT2D eigenvalue weighted by atomic mass is 16.5. The highest BCUT2D eigenvalue weighted by Gasteiger charge is 2.36. The van der Waals surface area contributed by atoms with Gasteiger partial charge in [0.15, 0.2) is 0 Å². The molecule has 21 heavy (non-hydrogen) atoms. The van der Waals surface area contributed by atoms with E-state index in [1.54, 1.807) is 7.11 Å². The van der Waals surface area contributed by atoms with Gasteiger partial charge in [0.1, 0.15) is 12.1 Å². The fourth-order valence-electron chi connectivity index (χ4n) is 3.03. The highest BCUT2D eigenvalue weighted by molar-refractivity contribution is 5.80. The van der Waals surface area contributed by atoms with Crippen LogP contribution < -0.4 is 5.32 Å². The van der Waals surface area contributed by atoms with Crippen molar-refractivity contribution in [2.45, 2.75) is 43.7 Å². The van der Waals surface area contributed by atoms with Crippen LogP contribution in [0, 0.1) is 0 Å². The molecule has 1 atom stereocenters. The first-order valence-corrected chi connectivity index (χ1v) is 7.45. The smallest absolute Gasteiger partial charge is 0.323 e. The number of methoxy groups -OCH3 is 1. The first kappa shape index (κ1) is 16.0. The van der Waals surface area contributed by atoms with Gasteiger partial charge in [0, 0.05) is 26.2 Å². The molecule has 1 aliphatic carbocycles. The molecule has 0 radical (unpaired) electrons. The van der Waals surface area contributed by atoms with Gasteiger partial charge in [-0.1, -0.05) is 12.8 Å². The Kier molecular flexibility index (Phi) is 5.41. The van der Waals surface area contributed by atoms with Crippen LogP contribution in [0.15, 0.2) is 0 Å². The van der Waals surface area contributed by atoms with E-state index in [9.17, 15) is 9.59 Å². The van der Waals surface area contributed by atoms with E-state index in [2.05, 4.69) is 5.32 Å². The van der Waals surface area contributed by atoms with E-state index in [1.165, 1.54) is 4.90 Å². The minimum atomic E-state index is -0.984. The Morgan fingerprint density at radius 3 is 2.67 bits per heavy atom. The van der Waals surface area contributed by atoms with Crippen LogP contribution in [0.1, 0.15) is 32.1 Å². The summed E-state index contributed by atoms with van der Waals surface area (Å²) in [4.78, 5) is 24.8. The van der Waals surface area contributed by atoms with Crippen LogP contribution in [-0.4, -0.2) is 67.1 Å². The quantitative estimate of drug-likeness (QED) is 0.758. The lowest BCUT2D eigenvalue weighted by molar-refractivity contribution is -0.138. The van der Waals surface area contributed by atoms with Gasteiger partial charge in [-0.15, -0.1) is 0 Å². The first-order valence-electron chi connectivity index (χ1n) is 7.45. The number of carboxylic acids is 1. The molecular weight excluding hydrogens is 276 g/mol. The number of ether oxygens (including phenoxy) is 2. The third-order valence-electron chi connectivity index (χ3n) is 4.39. The standard InChI is InChI=1S/C14H24N2O5/c1-20-14(6-7-21-10-14)9-15-13(19)16(8-12(17)18)11-4-2-3-5-11/h11H,2-10H2,1H3,(H,15,19)(H,17,18). The number of urea groups is 1. The second-order valence-electron chi connectivity index (χ2n) is 5.81. The summed E-state index contributed by atoms with van der Waals surface area (Å²) in [5.74, 6) is -0.984. The van der Waals surface area contributed by atoms with Crippen molar-refractivity contribution >= 4 is 12.0 Å². The van der Waals surface area contributed by atoms with Crippen LogP contribution in [0.3, 0.4) is 0 Å². The van der Waals surface area contributed by atoms with E-state index in [0.717, 1.165) is 32.1 Å². The monoisotopic (exact) mass is 300 g/mol. The molecule has 0 aromatic heterocycles. The molecular formula is C14H24N2O5. The lowest BCUT2D eigenvalue weighted by Gasteiger charge is -2.31. The predicted molar refractivity (Wildman–Crippen MR) is 75.2 cm³/mol. The van der Waals surface area contributed by atoms with E-state index >= 15 is 0 Å². The van der Waals surface area contributed by atoms with Crippen molar-refractivity contribution in [2.24, 2.45) is 0 Å². The largest absolute Gasteiger partial charge is 0.480 e. The van der Waals surface area contributed by atoms with Crippen LogP contribution in [0.25, 0.3) is 0 Å². The summed E-state index contributed by atoms with van der Waals surface area (Å²) in [7, 11) is 1.60. The Balaban J connectivity index is 1.92. The first-order chi connectivity index (χ1) is 10.1. The van der Waals surface area contributed by atoms with Gasteiger partial charge >= 0.3 is 12.0 Å². The molecule has 0 spiro atoms. The van der Waals surface area contributed by atoms with Crippen LogP contribution in [0.4, 0.5) is 4.79 Å². The maximum absolute atomic E-state index is 12.3. The van der Waals surface area contributed by atoms with E-state index < -0.39 is 11.6 Å². The van der Waals surface area contributed by atoms with Crippen molar-refractivity contribution in [1.29, 1.82) is 0 Å². The lowest BCUT2D eigenvalue weighted by Crippen LogP contribution is -2.52. The topological polar surface area (TPSA) is 88.1 Å². The van der Waals surface area contributed by atoms with Crippen LogP contribution in [0.2, 0.25) is 0 Å². The van der Waals surface area contributed by atoms with Crippen LogP contribution in [-0.2, 0) is 14.3 Å². The van der Waals surface area contributed by atoms with Gasteiger partial charge in [-0.2, -0.15) is 0 Å². The predicted octanol–water partition coefficient (Wildman–Crippen LogP) is 0.831. The van der Waals surface area contributed by atoms with E-state index in [4.69, 9.17) is 14.6 Å². The molecule has 1 saturated carbocycles. The normalized spacial score (nSPS) is 26.0. The average Bonchev–Trinajstić information content (AvgIpc) is 3.14. The maximum atomic E-state index is 12.3. The summed E-state index contributed by atoms with van der Waals surface area (Å²) in [6.07, 6.45) is 4.57. The number of carbonyl (C=O) groups is 2. The van der Waals surface area contributed by atoms with Gasteiger partial charge in [-0.25, -0.2) is 4.79 Å². The van der Waals surface area contributed by atoms with E-state index in [-0.39, 0.29) is 18.6 Å². The number of nitrogens with one attached hydrogen (secondary N) is 1.